The lowest BCUT2D eigenvalue weighted by atomic mass is 10.0. The van der Waals surface area contributed by atoms with E-state index in [0.29, 0.717) is 19.6 Å². The van der Waals surface area contributed by atoms with Crippen molar-refractivity contribution in [3.05, 3.63) is 47.2 Å². The van der Waals surface area contributed by atoms with Gasteiger partial charge in [-0.05, 0) is 39.0 Å². The molecule has 0 bridgehead atoms. The van der Waals surface area contributed by atoms with Gasteiger partial charge in [-0.1, -0.05) is 0 Å². The molecule has 1 saturated heterocycles. The molecule has 0 N–H and O–H groups in total. The quantitative estimate of drug-likeness (QED) is 0.772. The molecule has 0 radical (unpaired) electrons. The zero-order chi connectivity index (χ0) is 18.8. The van der Waals surface area contributed by atoms with Gasteiger partial charge in [-0.15, -0.1) is 0 Å². The second-order valence-electron chi connectivity index (χ2n) is 7.03. The fraction of sp³-hybridized carbons (Fsp3) is 0.500. The highest BCUT2D eigenvalue weighted by atomic mass is 16.3. The van der Waals surface area contributed by atoms with Crippen molar-refractivity contribution in [2.45, 2.75) is 40.3 Å². The Labute approximate surface area is 154 Å². The third kappa shape index (κ3) is 3.60. The van der Waals surface area contributed by atoms with Gasteiger partial charge in [0.1, 0.15) is 5.76 Å². The summed E-state index contributed by atoms with van der Waals surface area (Å²) in [5.41, 5.74) is 2.80. The van der Waals surface area contributed by atoms with E-state index in [-0.39, 0.29) is 17.7 Å². The van der Waals surface area contributed by atoms with Crippen LogP contribution < -0.4 is 0 Å². The summed E-state index contributed by atoms with van der Waals surface area (Å²) in [4.78, 5) is 28.6. The molecule has 1 amide bonds. The van der Waals surface area contributed by atoms with Gasteiger partial charge < -0.3 is 13.9 Å². The first-order valence-corrected chi connectivity index (χ1v) is 9.11. The number of nitrogens with zero attached hydrogens (tertiary/aromatic N) is 3. The number of aryl methyl sites for hydroxylation is 1. The highest BCUT2D eigenvalue weighted by Crippen LogP contribution is 2.21. The number of aromatic nitrogens is 1. The van der Waals surface area contributed by atoms with Gasteiger partial charge in [-0.25, -0.2) is 0 Å². The number of hydrogen-bond acceptors (Lipinski definition) is 4. The molecule has 1 fully saturated rings. The maximum atomic E-state index is 13.1. The maximum absolute atomic E-state index is 13.1. The van der Waals surface area contributed by atoms with E-state index in [1.54, 1.807) is 13.2 Å². The molecule has 0 aliphatic carbocycles. The Balaban J connectivity index is 1.72. The first kappa shape index (κ1) is 18.5. The van der Waals surface area contributed by atoms with Gasteiger partial charge in [0.05, 0.1) is 18.8 Å². The smallest absolute Gasteiger partial charge is 0.219 e. The lowest BCUT2D eigenvalue weighted by Crippen LogP contribution is -2.52. The van der Waals surface area contributed by atoms with Crippen molar-refractivity contribution in [3.63, 3.8) is 0 Å². The summed E-state index contributed by atoms with van der Waals surface area (Å²) in [5, 5.41) is 0. The van der Waals surface area contributed by atoms with Gasteiger partial charge in [0.15, 0.2) is 5.78 Å². The highest BCUT2D eigenvalue weighted by Gasteiger charge is 2.29. The summed E-state index contributed by atoms with van der Waals surface area (Å²) in [6, 6.07) is 5.60. The SMILES string of the molecule is CC(=O)N1CCN([C@H](C)C(=O)c2cc(C)n(Cc3ccco3)c2C)CC1. The average molecular weight is 357 g/mol. The van der Waals surface area contributed by atoms with Gasteiger partial charge in [-0.3, -0.25) is 14.5 Å². The summed E-state index contributed by atoms with van der Waals surface area (Å²) in [7, 11) is 0. The fourth-order valence-corrected chi connectivity index (χ4v) is 3.67. The topological polar surface area (TPSA) is 58.7 Å². The minimum absolute atomic E-state index is 0.102. The molecule has 26 heavy (non-hydrogen) atoms. The molecule has 6 heteroatoms. The molecule has 0 spiro atoms. The van der Waals surface area contributed by atoms with Crippen LogP contribution in [0.15, 0.2) is 28.9 Å². The molecular weight excluding hydrogens is 330 g/mol. The predicted octanol–water partition coefficient (Wildman–Crippen LogP) is 2.48. The number of amides is 1. The van der Waals surface area contributed by atoms with Crippen LogP contribution in [0.2, 0.25) is 0 Å². The molecule has 3 rings (SSSR count). The Morgan fingerprint density at radius 3 is 2.46 bits per heavy atom. The lowest BCUT2D eigenvalue weighted by Gasteiger charge is -2.37. The fourth-order valence-electron chi connectivity index (χ4n) is 3.67. The summed E-state index contributed by atoms with van der Waals surface area (Å²) in [5.74, 6) is 1.12. The van der Waals surface area contributed by atoms with Crippen LogP contribution in [0.4, 0.5) is 0 Å². The summed E-state index contributed by atoms with van der Waals surface area (Å²) in [6.07, 6.45) is 1.67. The van der Waals surface area contributed by atoms with Crippen molar-refractivity contribution in [1.82, 2.24) is 14.4 Å². The Morgan fingerprint density at radius 1 is 1.19 bits per heavy atom. The van der Waals surface area contributed by atoms with E-state index in [4.69, 9.17) is 4.42 Å². The van der Waals surface area contributed by atoms with Crippen LogP contribution in [0.3, 0.4) is 0 Å². The number of ketones is 1. The van der Waals surface area contributed by atoms with Crippen molar-refractivity contribution in [3.8, 4) is 0 Å². The second kappa shape index (κ2) is 7.50. The van der Waals surface area contributed by atoms with Crippen LogP contribution in [-0.2, 0) is 11.3 Å². The van der Waals surface area contributed by atoms with E-state index < -0.39 is 0 Å². The number of piperazine rings is 1. The van der Waals surface area contributed by atoms with E-state index >= 15 is 0 Å². The molecule has 0 saturated carbocycles. The Bertz CT molecular complexity index is 784. The van der Waals surface area contributed by atoms with Gasteiger partial charge in [0, 0.05) is 50.1 Å². The van der Waals surface area contributed by atoms with E-state index in [9.17, 15) is 9.59 Å². The van der Waals surface area contributed by atoms with Gasteiger partial charge >= 0.3 is 0 Å². The molecule has 6 nitrogen and oxygen atoms in total. The largest absolute Gasteiger partial charge is 0.467 e. The summed E-state index contributed by atoms with van der Waals surface area (Å²) < 4.78 is 7.56. The summed E-state index contributed by atoms with van der Waals surface area (Å²) in [6.45, 7) is 11.0. The molecule has 0 unspecified atom stereocenters. The normalized spacial score (nSPS) is 16.7. The average Bonchev–Trinajstić information content (AvgIpc) is 3.24. The summed E-state index contributed by atoms with van der Waals surface area (Å²) >= 11 is 0. The molecule has 1 atom stereocenters. The minimum Gasteiger partial charge on any atom is -0.467 e. The van der Waals surface area contributed by atoms with Crippen LogP contribution in [0.25, 0.3) is 0 Å². The number of furan rings is 1. The van der Waals surface area contributed by atoms with Gasteiger partial charge in [-0.2, -0.15) is 0 Å². The Hall–Kier alpha value is -2.34. The number of carbonyl (C=O) groups excluding carboxylic acids is 2. The number of carbonyl (C=O) groups is 2. The van der Waals surface area contributed by atoms with Crippen LogP contribution >= 0.6 is 0 Å². The van der Waals surface area contributed by atoms with E-state index in [1.807, 2.05) is 43.9 Å². The standard InChI is InChI=1S/C20H27N3O3/c1-14-12-19(15(2)23(14)13-18-6-5-11-26-18)20(25)16(3)21-7-9-22(10-8-21)17(4)24/h5-6,11-12,16H,7-10,13H2,1-4H3/t16-/m1/s1. The number of Topliss-reactive ketones (excluding diaryl/α,β-unsaturated/α-hetero) is 1. The second-order valence-corrected chi connectivity index (χ2v) is 7.03. The molecule has 2 aromatic rings. The maximum Gasteiger partial charge on any atom is 0.219 e. The van der Waals surface area contributed by atoms with Crippen molar-refractivity contribution < 1.29 is 14.0 Å². The zero-order valence-corrected chi connectivity index (χ0v) is 16.0. The lowest BCUT2D eigenvalue weighted by molar-refractivity contribution is -0.130. The van der Waals surface area contributed by atoms with Gasteiger partial charge in [0.2, 0.25) is 5.91 Å². The van der Waals surface area contributed by atoms with Crippen molar-refractivity contribution >= 4 is 11.7 Å². The van der Waals surface area contributed by atoms with Crippen molar-refractivity contribution in [1.29, 1.82) is 0 Å². The molecular formula is C20H27N3O3. The first-order chi connectivity index (χ1) is 12.4. The Kier molecular flexibility index (Phi) is 5.32. The predicted molar refractivity (Wildman–Crippen MR) is 99.3 cm³/mol. The molecule has 1 aliphatic heterocycles. The van der Waals surface area contributed by atoms with E-state index in [0.717, 1.165) is 35.8 Å². The van der Waals surface area contributed by atoms with Crippen LogP contribution in [0, 0.1) is 13.8 Å². The zero-order valence-electron chi connectivity index (χ0n) is 16.0. The molecule has 1 aliphatic rings. The van der Waals surface area contributed by atoms with Crippen LogP contribution in [0.5, 0.6) is 0 Å². The van der Waals surface area contributed by atoms with Crippen molar-refractivity contribution in [2.24, 2.45) is 0 Å². The van der Waals surface area contributed by atoms with E-state index in [1.165, 1.54) is 0 Å². The third-order valence-electron chi connectivity index (χ3n) is 5.42. The molecule has 0 aromatic carbocycles. The number of hydrogen-bond donors (Lipinski definition) is 0. The molecule has 2 aromatic heterocycles. The first-order valence-electron chi connectivity index (χ1n) is 9.11. The van der Waals surface area contributed by atoms with Gasteiger partial charge in [0.25, 0.3) is 0 Å². The third-order valence-corrected chi connectivity index (χ3v) is 5.42. The van der Waals surface area contributed by atoms with Crippen LogP contribution in [0.1, 0.15) is 41.4 Å². The Morgan fingerprint density at radius 2 is 1.88 bits per heavy atom. The minimum atomic E-state index is -0.193. The monoisotopic (exact) mass is 357 g/mol. The van der Waals surface area contributed by atoms with Crippen LogP contribution in [-0.4, -0.2) is 58.3 Å². The highest BCUT2D eigenvalue weighted by molar-refractivity contribution is 6.01. The van der Waals surface area contributed by atoms with E-state index in [2.05, 4.69) is 9.47 Å². The van der Waals surface area contributed by atoms with Crippen molar-refractivity contribution in [2.75, 3.05) is 26.2 Å². The molecule has 140 valence electrons. The molecule has 3 heterocycles. The number of rotatable bonds is 5.